The molecule has 1 fully saturated rings. The SMILES string of the molecule is CC(C)(C)[C@@]1(C)NC(=S)C(=O)S1. The molecule has 0 amide bonds. The first-order chi connectivity index (χ1) is 5.26. The van der Waals surface area contributed by atoms with Gasteiger partial charge < -0.3 is 5.32 Å². The molecule has 0 aliphatic carbocycles. The summed E-state index contributed by atoms with van der Waals surface area (Å²) in [6, 6.07) is 0. The van der Waals surface area contributed by atoms with Crippen molar-refractivity contribution in [2.75, 3.05) is 0 Å². The Morgan fingerprint density at radius 2 is 2.00 bits per heavy atom. The van der Waals surface area contributed by atoms with Crippen LogP contribution >= 0.6 is 24.0 Å². The van der Waals surface area contributed by atoms with Gasteiger partial charge in [-0.2, -0.15) is 0 Å². The van der Waals surface area contributed by atoms with Crippen molar-refractivity contribution in [3.63, 3.8) is 0 Å². The van der Waals surface area contributed by atoms with Gasteiger partial charge in [0.2, 0.25) is 5.12 Å². The predicted molar refractivity (Wildman–Crippen MR) is 56.2 cm³/mol. The van der Waals surface area contributed by atoms with Crippen molar-refractivity contribution in [1.82, 2.24) is 5.32 Å². The van der Waals surface area contributed by atoms with E-state index < -0.39 is 0 Å². The zero-order valence-corrected chi connectivity index (χ0v) is 9.36. The molecule has 1 atom stereocenters. The van der Waals surface area contributed by atoms with Gasteiger partial charge in [0.15, 0.2) is 4.99 Å². The predicted octanol–water partition coefficient (Wildman–Crippen LogP) is 1.94. The van der Waals surface area contributed by atoms with E-state index in [0.717, 1.165) is 0 Å². The van der Waals surface area contributed by atoms with Crippen LogP contribution in [0.25, 0.3) is 0 Å². The summed E-state index contributed by atoms with van der Waals surface area (Å²) >= 11 is 6.17. The molecule has 1 heterocycles. The van der Waals surface area contributed by atoms with Crippen LogP contribution in [0.5, 0.6) is 0 Å². The van der Waals surface area contributed by atoms with Gasteiger partial charge in [-0.3, -0.25) is 4.79 Å². The summed E-state index contributed by atoms with van der Waals surface area (Å²) < 4.78 is 0. The largest absolute Gasteiger partial charge is 0.358 e. The molecular formula is C8H13NOS2. The molecule has 2 nitrogen and oxygen atoms in total. The summed E-state index contributed by atoms with van der Waals surface area (Å²) in [6.45, 7) is 8.28. The summed E-state index contributed by atoms with van der Waals surface area (Å²) in [5.74, 6) is 0. The van der Waals surface area contributed by atoms with Crippen molar-refractivity contribution in [1.29, 1.82) is 0 Å². The van der Waals surface area contributed by atoms with Gasteiger partial charge in [0.25, 0.3) is 0 Å². The molecule has 1 aliphatic rings. The molecule has 1 N–H and O–H groups in total. The zero-order valence-electron chi connectivity index (χ0n) is 7.72. The summed E-state index contributed by atoms with van der Waals surface area (Å²) in [4.78, 5) is 11.3. The minimum atomic E-state index is -0.249. The Bertz CT molecular complexity index is 226. The third-order valence-electron chi connectivity index (χ3n) is 2.27. The minimum absolute atomic E-state index is 0.0116. The normalized spacial score (nSPS) is 30.7. The van der Waals surface area contributed by atoms with Gasteiger partial charge >= 0.3 is 0 Å². The molecule has 0 radical (unpaired) electrons. The standard InChI is InChI=1S/C8H13NOS2/c1-7(2,3)8(4)9-5(11)6(10)12-8/h1-4H3,(H,9,11)/t8-/m0/s1. The first kappa shape index (κ1) is 9.99. The lowest BCUT2D eigenvalue weighted by atomic mass is 9.87. The van der Waals surface area contributed by atoms with E-state index >= 15 is 0 Å². The van der Waals surface area contributed by atoms with E-state index in [9.17, 15) is 4.79 Å². The highest BCUT2D eigenvalue weighted by Gasteiger charge is 2.46. The van der Waals surface area contributed by atoms with Gasteiger partial charge in [-0.15, -0.1) is 0 Å². The summed E-state index contributed by atoms with van der Waals surface area (Å²) in [5, 5.41) is 3.05. The smallest absolute Gasteiger partial charge is 0.248 e. The molecule has 12 heavy (non-hydrogen) atoms. The Labute approximate surface area is 82.5 Å². The highest BCUT2D eigenvalue weighted by atomic mass is 32.2. The maximum Gasteiger partial charge on any atom is 0.248 e. The van der Waals surface area contributed by atoms with Crippen molar-refractivity contribution in [3.05, 3.63) is 0 Å². The Kier molecular flexibility index (Phi) is 2.25. The zero-order chi connectivity index (χ0) is 9.57. The maximum atomic E-state index is 11.2. The number of thiocarbonyl (C=S) groups is 1. The van der Waals surface area contributed by atoms with Crippen LogP contribution in [0.4, 0.5) is 0 Å². The van der Waals surface area contributed by atoms with Gasteiger partial charge in [0, 0.05) is 0 Å². The molecule has 0 saturated carbocycles. The molecule has 1 aliphatic heterocycles. The monoisotopic (exact) mass is 203 g/mol. The summed E-state index contributed by atoms with van der Waals surface area (Å²) in [7, 11) is 0. The molecule has 0 aromatic rings. The third-order valence-corrected chi connectivity index (χ3v) is 4.19. The molecular weight excluding hydrogens is 190 g/mol. The van der Waals surface area contributed by atoms with Crippen LogP contribution in [0.15, 0.2) is 0 Å². The van der Waals surface area contributed by atoms with E-state index in [0.29, 0.717) is 4.99 Å². The fourth-order valence-electron chi connectivity index (χ4n) is 0.866. The Morgan fingerprint density at radius 1 is 1.50 bits per heavy atom. The van der Waals surface area contributed by atoms with E-state index in [2.05, 4.69) is 26.1 Å². The van der Waals surface area contributed by atoms with Gasteiger partial charge in [-0.05, 0) is 12.3 Å². The van der Waals surface area contributed by atoms with Crippen LogP contribution < -0.4 is 5.32 Å². The van der Waals surface area contributed by atoms with Crippen molar-refractivity contribution in [3.8, 4) is 0 Å². The van der Waals surface area contributed by atoms with Crippen molar-refractivity contribution >= 4 is 34.1 Å². The first-order valence-electron chi connectivity index (χ1n) is 3.82. The van der Waals surface area contributed by atoms with E-state index in [4.69, 9.17) is 12.2 Å². The quantitative estimate of drug-likeness (QED) is 0.609. The second-order valence-electron chi connectivity index (χ2n) is 4.13. The molecule has 1 saturated heterocycles. The van der Waals surface area contributed by atoms with Crippen LogP contribution in [-0.4, -0.2) is 15.0 Å². The molecule has 0 aromatic heterocycles. The highest BCUT2D eigenvalue weighted by molar-refractivity contribution is 8.19. The third kappa shape index (κ3) is 1.50. The van der Waals surface area contributed by atoms with Crippen molar-refractivity contribution < 1.29 is 4.79 Å². The van der Waals surface area contributed by atoms with Crippen LogP contribution in [0.3, 0.4) is 0 Å². The number of carbonyl (C=O) groups excluding carboxylic acids is 1. The van der Waals surface area contributed by atoms with Crippen molar-refractivity contribution in [2.45, 2.75) is 32.6 Å². The van der Waals surface area contributed by atoms with Crippen LogP contribution in [0.1, 0.15) is 27.7 Å². The molecule has 0 spiro atoms. The minimum Gasteiger partial charge on any atom is -0.358 e. The Hall–Kier alpha value is -0.0900. The number of rotatable bonds is 0. The second kappa shape index (κ2) is 2.70. The first-order valence-corrected chi connectivity index (χ1v) is 5.04. The number of carbonyl (C=O) groups is 1. The molecule has 0 aromatic carbocycles. The number of hydrogen-bond donors (Lipinski definition) is 1. The van der Waals surface area contributed by atoms with Gasteiger partial charge in [-0.25, -0.2) is 0 Å². The lowest BCUT2D eigenvalue weighted by molar-refractivity contribution is -0.105. The summed E-state index contributed by atoms with van der Waals surface area (Å²) in [5.41, 5.74) is 0.0217. The molecule has 68 valence electrons. The number of hydrogen-bond acceptors (Lipinski definition) is 3. The number of thioether (sulfide) groups is 1. The van der Waals surface area contributed by atoms with E-state index in [1.54, 1.807) is 0 Å². The van der Waals surface area contributed by atoms with Gasteiger partial charge in [-0.1, -0.05) is 44.8 Å². The van der Waals surface area contributed by atoms with Crippen LogP contribution in [0, 0.1) is 5.41 Å². The average Bonchev–Trinajstić information content (AvgIpc) is 2.06. The summed E-state index contributed by atoms with van der Waals surface area (Å²) in [6.07, 6.45) is 0. The van der Waals surface area contributed by atoms with E-state index in [1.807, 2.05) is 6.92 Å². The molecule has 1 rings (SSSR count). The topological polar surface area (TPSA) is 29.1 Å². The van der Waals surface area contributed by atoms with Gasteiger partial charge in [0.05, 0.1) is 4.87 Å². The fraction of sp³-hybridized carbons (Fsp3) is 0.750. The van der Waals surface area contributed by atoms with Crippen LogP contribution in [0.2, 0.25) is 0 Å². The van der Waals surface area contributed by atoms with E-state index in [1.165, 1.54) is 11.8 Å². The number of nitrogens with one attached hydrogen (secondary N) is 1. The second-order valence-corrected chi connectivity index (χ2v) is 5.93. The van der Waals surface area contributed by atoms with E-state index in [-0.39, 0.29) is 15.4 Å². The van der Waals surface area contributed by atoms with Crippen LogP contribution in [-0.2, 0) is 4.79 Å². The fourth-order valence-corrected chi connectivity index (χ4v) is 2.23. The van der Waals surface area contributed by atoms with Gasteiger partial charge in [0.1, 0.15) is 0 Å². The lowest BCUT2D eigenvalue weighted by Gasteiger charge is -2.36. The lowest BCUT2D eigenvalue weighted by Crippen LogP contribution is -2.46. The van der Waals surface area contributed by atoms with Crippen molar-refractivity contribution in [2.24, 2.45) is 5.41 Å². The maximum absolute atomic E-state index is 11.2. The molecule has 0 unspecified atom stereocenters. The highest BCUT2D eigenvalue weighted by Crippen LogP contribution is 2.43. The Morgan fingerprint density at radius 3 is 2.17 bits per heavy atom. The molecule has 4 heteroatoms. The average molecular weight is 203 g/mol. The molecule has 0 bridgehead atoms. The Balaban J connectivity index is 2.91.